The summed E-state index contributed by atoms with van der Waals surface area (Å²) in [5.41, 5.74) is 0.413. The highest BCUT2D eigenvalue weighted by molar-refractivity contribution is 5.89. The number of anilines is 1. The van der Waals surface area contributed by atoms with E-state index in [2.05, 4.69) is 24.5 Å². The Bertz CT molecular complexity index is 874. The van der Waals surface area contributed by atoms with Crippen LogP contribution in [0.2, 0.25) is 0 Å². The number of aliphatic hydroxyl groups is 1. The lowest BCUT2D eigenvalue weighted by molar-refractivity contribution is -0.149. The lowest BCUT2D eigenvalue weighted by Crippen LogP contribution is -2.59. The van der Waals surface area contributed by atoms with Crippen molar-refractivity contribution in [3.8, 4) is 0 Å². The van der Waals surface area contributed by atoms with Crippen LogP contribution in [0.15, 0.2) is 24.3 Å². The van der Waals surface area contributed by atoms with Gasteiger partial charge in [-0.2, -0.15) is 0 Å². The molecule has 182 valence electrons. The molecule has 0 aromatic heterocycles. The van der Waals surface area contributed by atoms with Gasteiger partial charge in [-0.25, -0.2) is 9.18 Å². The van der Waals surface area contributed by atoms with Crippen LogP contribution in [0.5, 0.6) is 0 Å². The molecule has 3 amide bonds. The van der Waals surface area contributed by atoms with E-state index in [1.165, 1.54) is 12.1 Å². The van der Waals surface area contributed by atoms with Gasteiger partial charge in [0.15, 0.2) is 0 Å². The normalized spacial score (nSPS) is 34.9. The second-order valence-corrected chi connectivity index (χ2v) is 10.8. The van der Waals surface area contributed by atoms with Crippen LogP contribution in [-0.2, 0) is 4.79 Å². The third-order valence-corrected chi connectivity index (χ3v) is 8.74. The van der Waals surface area contributed by atoms with Crippen molar-refractivity contribution in [2.24, 2.45) is 29.1 Å². The third-order valence-electron chi connectivity index (χ3n) is 8.74. The van der Waals surface area contributed by atoms with Crippen molar-refractivity contribution >= 4 is 17.6 Å². The molecule has 1 unspecified atom stereocenters. The Hall–Kier alpha value is -2.15. The second-order valence-electron chi connectivity index (χ2n) is 10.8. The molecule has 3 N–H and O–H groups in total. The smallest absolute Gasteiger partial charge is 0.319 e. The Balaban J connectivity index is 1.43. The third kappa shape index (κ3) is 4.88. The number of nitrogens with zero attached hydrogens (tertiary/aromatic N) is 1. The van der Waals surface area contributed by atoms with Gasteiger partial charge in [0, 0.05) is 30.7 Å². The zero-order valence-corrected chi connectivity index (χ0v) is 20.0. The summed E-state index contributed by atoms with van der Waals surface area (Å²) in [4.78, 5) is 27.6. The summed E-state index contributed by atoms with van der Waals surface area (Å²) < 4.78 is 13.4. The molecular weight excluding hydrogens is 421 g/mol. The van der Waals surface area contributed by atoms with Crippen molar-refractivity contribution in [3.63, 3.8) is 0 Å². The molecule has 1 aliphatic heterocycles. The monoisotopic (exact) mass is 459 g/mol. The SMILES string of the molecule is C[C@H]1[C@@H]2[C@@H](O)C([C@H](C)C(=O)N3CCCC3)CC[C@@]2(C)CC[C@@H]1NC(=O)Nc1cccc(F)c1. The molecule has 0 radical (unpaired) electrons. The number of urea groups is 1. The van der Waals surface area contributed by atoms with Gasteiger partial charge in [-0.1, -0.05) is 26.8 Å². The quantitative estimate of drug-likeness (QED) is 0.624. The van der Waals surface area contributed by atoms with E-state index < -0.39 is 11.9 Å². The number of halogens is 1. The van der Waals surface area contributed by atoms with Crippen LogP contribution in [0.25, 0.3) is 0 Å². The maximum atomic E-state index is 13.4. The highest BCUT2D eigenvalue weighted by Crippen LogP contribution is 2.55. The number of hydrogen-bond donors (Lipinski definition) is 3. The highest BCUT2D eigenvalue weighted by atomic mass is 19.1. The van der Waals surface area contributed by atoms with E-state index in [1.54, 1.807) is 12.1 Å². The summed E-state index contributed by atoms with van der Waals surface area (Å²) >= 11 is 0. The van der Waals surface area contributed by atoms with Crippen molar-refractivity contribution < 1.29 is 19.1 Å². The number of fused-ring (bicyclic) bond motifs is 1. The first kappa shape index (κ1) is 24.0. The standard InChI is InChI=1S/C26H38FN3O3/c1-16(24(32)30-13-4-5-14-30)20-9-11-26(3)12-10-21(17(2)22(26)23(20)31)29-25(33)28-19-8-6-7-18(27)15-19/h6-8,15-17,20-23,31H,4-5,9-14H2,1-3H3,(H2,28,29,33)/t16-,17+,20?,21-,22+,23-,26-/m0/s1. The van der Waals surface area contributed by atoms with Gasteiger partial charge in [0.2, 0.25) is 5.91 Å². The van der Waals surface area contributed by atoms with Gasteiger partial charge < -0.3 is 20.6 Å². The topological polar surface area (TPSA) is 81.7 Å². The molecule has 33 heavy (non-hydrogen) atoms. The molecule has 7 atom stereocenters. The average molecular weight is 460 g/mol. The van der Waals surface area contributed by atoms with E-state index in [-0.39, 0.29) is 47.1 Å². The van der Waals surface area contributed by atoms with Crippen LogP contribution >= 0.6 is 0 Å². The van der Waals surface area contributed by atoms with E-state index >= 15 is 0 Å². The first-order valence-corrected chi connectivity index (χ1v) is 12.5. The van der Waals surface area contributed by atoms with Gasteiger partial charge in [-0.15, -0.1) is 0 Å². The van der Waals surface area contributed by atoms with E-state index in [1.807, 2.05) is 11.8 Å². The molecular formula is C26H38FN3O3. The Labute approximate surface area is 196 Å². The Morgan fingerprint density at radius 1 is 1.21 bits per heavy atom. The lowest BCUT2D eigenvalue weighted by atomic mass is 9.51. The van der Waals surface area contributed by atoms with Crippen molar-refractivity contribution in [2.45, 2.75) is 71.4 Å². The Morgan fingerprint density at radius 3 is 2.61 bits per heavy atom. The van der Waals surface area contributed by atoms with Crippen LogP contribution in [0, 0.1) is 34.9 Å². The fraction of sp³-hybridized carbons (Fsp3) is 0.692. The second kappa shape index (κ2) is 9.61. The first-order chi connectivity index (χ1) is 15.7. The minimum atomic E-state index is -0.573. The maximum Gasteiger partial charge on any atom is 0.319 e. The van der Waals surface area contributed by atoms with Crippen LogP contribution in [0.1, 0.15) is 59.3 Å². The number of likely N-dealkylation sites (tertiary alicyclic amines) is 1. The number of amides is 3. The highest BCUT2D eigenvalue weighted by Gasteiger charge is 2.54. The van der Waals surface area contributed by atoms with Crippen LogP contribution in [0.3, 0.4) is 0 Å². The van der Waals surface area contributed by atoms with Crippen molar-refractivity contribution in [2.75, 3.05) is 18.4 Å². The van der Waals surface area contributed by atoms with E-state index in [4.69, 9.17) is 0 Å². The van der Waals surface area contributed by atoms with Gasteiger partial charge in [0.1, 0.15) is 5.82 Å². The molecule has 1 aromatic carbocycles. The summed E-state index contributed by atoms with van der Waals surface area (Å²) in [5.74, 6) is -0.401. The molecule has 2 saturated carbocycles. The van der Waals surface area contributed by atoms with E-state index in [0.717, 1.165) is 51.6 Å². The number of hydrogen-bond acceptors (Lipinski definition) is 3. The number of carbonyl (C=O) groups excluding carboxylic acids is 2. The molecule has 1 heterocycles. The zero-order valence-electron chi connectivity index (χ0n) is 20.0. The Morgan fingerprint density at radius 2 is 1.91 bits per heavy atom. The van der Waals surface area contributed by atoms with Gasteiger partial charge in [-0.3, -0.25) is 4.79 Å². The predicted octanol–water partition coefficient (Wildman–Crippen LogP) is 4.40. The summed E-state index contributed by atoms with van der Waals surface area (Å²) in [6.07, 6.45) is 5.16. The summed E-state index contributed by atoms with van der Waals surface area (Å²) in [7, 11) is 0. The van der Waals surface area contributed by atoms with Crippen molar-refractivity contribution in [3.05, 3.63) is 30.1 Å². The maximum absolute atomic E-state index is 13.4. The Kier molecular flexibility index (Phi) is 6.99. The first-order valence-electron chi connectivity index (χ1n) is 12.5. The van der Waals surface area contributed by atoms with Crippen LogP contribution < -0.4 is 10.6 Å². The zero-order chi connectivity index (χ0) is 23.8. The molecule has 2 aliphatic carbocycles. The molecule has 3 aliphatic rings. The molecule has 7 heteroatoms. The number of nitrogens with one attached hydrogen (secondary N) is 2. The molecule has 4 rings (SSSR count). The van der Waals surface area contributed by atoms with Crippen LogP contribution in [0.4, 0.5) is 14.9 Å². The van der Waals surface area contributed by atoms with Crippen molar-refractivity contribution in [1.82, 2.24) is 10.2 Å². The minimum Gasteiger partial charge on any atom is -0.392 e. The fourth-order valence-electron chi connectivity index (χ4n) is 6.81. The fourth-order valence-corrected chi connectivity index (χ4v) is 6.81. The van der Waals surface area contributed by atoms with Gasteiger partial charge in [0.25, 0.3) is 0 Å². The van der Waals surface area contributed by atoms with Gasteiger partial charge >= 0.3 is 6.03 Å². The molecule has 0 bridgehead atoms. The van der Waals surface area contributed by atoms with E-state index in [0.29, 0.717) is 5.69 Å². The van der Waals surface area contributed by atoms with E-state index in [9.17, 15) is 19.1 Å². The summed E-state index contributed by atoms with van der Waals surface area (Å²) in [6.45, 7) is 8.00. The van der Waals surface area contributed by atoms with Crippen LogP contribution in [-0.4, -0.2) is 47.2 Å². The predicted molar refractivity (Wildman–Crippen MR) is 126 cm³/mol. The number of benzene rings is 1. The summed E-state index contributed by atoms with van der Waals surface area (Å²) in [5, 5.41) is 17.3. The molecule has 3 fully saturated rings. The molecule has 1 aromatic rings. The lowest BCUT2D eigenvalue weighted by Gasteiger charge is -2.56. The molecule has 1 saturated heterocycles. The minimum absolute atomic E-state index is 0.00294. The molecule has 0 spiro atoms. The largest absolute Gasteiger partial charge is 0.392 e. The van der Waals surface area contributed by atoms with Gasteiger partial charge in [-0.05, 0) is 79.9 Å². The summed E-state index contributed by atoms with van der Waals surface area (Å²) in [6, 6.07) is 5.38. The average Bonchev–Trinajstić information content (AvgIpc) is 3.30. The number of aliphatic hydroxyl groups excluding tert-OH is 1. The number of rotatable bonds is 4. The van der Waals surface area contributed by atoms with Gasteiger partial charge in [0.05, 0.1) is 6.10 Å². The van der Waals surface area contributed by atoms with Crippen molar-refractivity contribution in [1.29, 1.82) is 0 Å². The number of carbonyl (C=O) groups is 2. The molecule has 6 nitrogen and oxygen atoms in total.